The average molecular weight is 459 g/mol. The summed E-state index contributed by atoms with van der Waals surface area (Å²) in [5, 5.41) is 7.12. The number of morpholine rings is 1. The van der Waals surface area contributed by atoms with E-state index in [1.807, 2.05) is 21.9 Å². The molecule has 3 fully saturated rings. The van der Waals surface area contributed by atoms with Crippen molar-refractivity contribution in [2.75, 3.05) is 32.9 Å². The number of carboxylic acid groups (broad SMARTS) is 1. The molecule has 9 nitrogen and oxygen atoms in total. The fraction of sp³-hybridized carbons (Fsp3) is 0.600. The second kappa shape index (κ2) is 10.3. The third kappa shape index (κ3) is 5.94. The first kappa shape index (κ1) is 23.9. The van der Waals surface area contributed by atoms with Crippen LogP contribution in [0.2, 0.25) is 0 Å². The largest absolute Gasteiger partial charge is 0.490 e. The molecule has 1 aromatic heterocycles. The number of nitrogens with zero attached hydrogens (tertiary/aromatic N) is 3. The first-order valence-electron chi connectivity index (χ1n) is 10.1. The van der Waals surface area contributed by atoms with Gasteiger partial charge in [0.25, 0.3) is 0 Å². The van der Waals surface area contributed by atoms with E-state index >= 15 is 0 Å². The molecular weight excluding hydrogens is 435 g/mol. The number of likely N-dealkylation sites (tertiary alicyclic amines) is 1. The lowest BCUT2D eigenvalue weighted by atomic mass is 9.99. The second-order valence-electron chi connectivity index (χ2n) is 7.73. The minimum absolute atomic E-state index is 0.0153. The number of hydrogen-bond donors (Lipinski definition) is 1. The highest BCUT2D eigenvalue weighted by atomic mass is 19.4. The van der Waals surface area contributed by atoms with Gasteiger partial charge in [-0.05, 0) is 30.5 Å². The number of alkyl halides is 3. The van der Waals surface area contributed by atoms with Crippen LogP contribution in [0.3, 0.4) is 0 Å². The van der Waals surface area contributed by atoms with Crippen molar-refractivity contribution in [3.8, 4) is 0 Å². The molecule has 3 aliphatic rings. The molecule has 2 atom stereocenters. The first-order valence-corrected chi connectivity index (χ1v) is 10.1. The summed E-state index contributed by atoms with van der Waals surface area (Å²) >= 11 is 0. The van der Waals surface area contributed by atoms with E-state index in [-0.39, 0.29) is 36.5 Å². The van der Waals surface area contributed by atoms with Gasteiger partial charge in [0, 0.05) is 51.2 Å². The normalized spacial score (nSPS) is 23.9. The van der Waals surface area contributed by atoms with Gasteiger partial charge in [-0.1, -0.05) is 0 Å². The Bertz CT molecular complexity index is 817. The van der Waals surface area contributed by atoms with Crippen LogP contribution in [0.4, 0.5) is 13.2 Å². The fourth-order valence-corrected chi connectivity index (χ4v) is 3.94. The number of carbonyl (C=O) groups is 3. The number of carbonyl (C=O) groups excluding carboxylic acids is 2. The molecule has 0 aromatic carbocycles. The Balaban J connectivity index is 0.000000360. The van der Waals surface area contributed by atoms with Crippen LogP contribution in [-0.2, 0) is 30.4 Å². The summed E-state index contributed by atoms with van der Waals surface area (Å²) in [5.74, 6) is -2.55. The van der Waals surface area contributed by atoms with Crippen LogP contribution in [0.25, 0.3) is 0 Å². The molecule has 0 spiro atoms. The molecule has 4 rings (SSSR count). The van der Waals surface area contributed by atoms with Crippen molar-refractivity contribution in [3.05, 3.63) is 30.1 Å². The van der Waals surface area contributed by atoms with E-state index in [1.54, 1.807) is 12.4 Å². The maximum Gasteiger partial charge on any atom is 0.490 e. The SMILES string of the molecule is O=C(C1CCOCC1)N1C[C@@H]2[C@@H](C1)OCC(=O)N2Cc1ccncc1.O=C(O)C(F)(F)F. The van der Waals surface area contributed by atoms with Crippen LogP contribution in [0.1, 0.15) is 18.4 Å². The molecule has 3 saturated heterocycles. The van der Waals surface area contributed by atoms with Gasteiger partial charge in [-0.25, -0.2) is 4.79 Å². The summed E-state index contributed by atoms with van der Waals surface area (Å²) in [6.45, 7) is 3.05. The summed E-state index contributed by atoms with van der Waals surface area (Å²) < 4.78 is 42.8. The van der Waals surface area contributed by atoms with Gasteiger partial charge in [0.15, 0.2) is 0 Å². The van der Waals surface area contributed by atoms with Crippen molar-refractivity contribution >= 4 is 17.8 Å². The van der Waals surface area contributed by atoms with Crippen LogP contribution >= 0.6 is 0 Å². The number of pyridine rings is 1. The van der Waals surface area contributed by atoms with E-state index < -0.39 is 12.1 Å². The number of carboxylic acids is 1. The minimum atomic E-state index is -5.08. The van der Waals surface area contributed by atoms with Gasteiger partial charge < -0.3 is 24.4 Å². The van der Waals surface area contributed by atoms with Gasteiger partial charge in [0.1, 0.15) is 6.61 Å². The van der Waals surface area contributed by atoms with Gasteiger partial charge in [-0.2, -0.15) is 13.2 Å². The highest BCUT2D eigenvalue weighted by molar-refractivity contribution is 5.81. The Kier molecular flexibility index (Phi) is 7.67. The van der Waals surface area contributed by atoms with Gasteiger partial charge in [0.05, 0.1) is 12.1 Å². The summed E-state index contributed by atoms with van der Waals surface area (Å²) in [5.41, 5.74) is 1.04. The molecule has 0 radical (unpaired) electrons. The summed E-state index contributed by atoms with van der Waals surface area (Å²) in [6.07, 6.45) is -0.153. The van der Waals surface area contributed by atoms with E-state index in [0.29, 0.717) is 32.8 Å². The lowest BCUT2D eigenvalue weighted by Crippen LogP contribution is -2.53. The third-order valence-electron chi connectivity index (χ3n) is 5.61. The number of hydrogen-bond acceptors (Lipinski definition) is 6. The molecule has 3 aliphatic heterocycles. The standard InChI is InChI=1S/C18H23N3O4.C2HF3O2/c22-17-12-25-16-11-20(18(23)14-3-7-24-8-4-14)10-15(16)21(17)9-13-1-5-19-6-2-13;3-2(4,5)1(6)7/h1-2,5-6,14-16H,3-4,7-12H2;(H,6,7)/t15-,16-;/m1./s1. The van der Waals surface area contributed by atoms with Gasteiger partial charge in [-0.15, -0.1) is 0 Å². The Morgan fingerprint density at radius 2 is 1.78 bits per heavy atom. The van der Waals surface area contributed by atoms with Crippen molar-refractivity contribution in [1.82, 2.24) is 14.8 Å². The number of aromatic nitrogens is 1. The molecule has 1 N–H and O–H groups in total. The predicted octanol–water partition coefficient (Wildman–Crippen LogP) is 1.08. The molecule has 1 aromatic rings. The number of fused-ring (bicyclic) bond motifs is 1. The number of rotatable bonds is 3. The van der Waals surface area contributed by atoms with Crippen LogP contribution in [0.5, 0.6) is 0 Å². The van der Waals surface area contributed by atoms with Crippen molar-refractivity contribution in [3.63, 3.8) is 0 Å². The average Bonchev–Trinajstić information content (AvgIpc) is 3.21. The molecule has 0 aliphatic carbocycles. The molecule has 0 unspecified atom stereocenters. The van der Waals surface area contributed by atoms with Crippen molar-refractivity contribution in [1.29, 1.82) is 0 Å². The minimum Gasteiger partial charge on any atom is -0.475 e. The molecule has 32 heavy (non-hydrogen) atoms. The number of aliphatic carboxylic acids is 1. The number of ether oxygens (including phenoxy) is 2. The van der Waals surface area contributed by atoms with Crippen molar-refractivity contribution in [2.45, 2.75) is 37.7 Å². The zero-order valence-corrected chi connectivity index (χ0v) is 17.2. The topological polar surface area (TPSA) is 109 Å². The Labute approximate surface area is 182 Å². The third-order valence-corrected chi connectivity index (χ3v) is 5.61. The molecule has 2 amide bonds. The van der Waals surface area contributed by atoms with E-state index in [1.165, 1.54) is 0 Å². The zero-order chi connectivity index (χ0) is 23.3. The lowest BCUT2D eigenvalue weighted by molar-refractivity contribution is -0.192. The number of amides is 2. The molecule has 176 valence electrons. The molecular formula is C20H24F3N3O6. The zero-order valence-electron chi connectivity index (χ0n) is 17.2. The first-order chi connectivity index (χ1) is 15.2. The van der Waals surface area contributed by atoms with E-state index in [9.17, 15) is 22.8 Å². The second-order valence-corrected chi connectivity index (χ2v) is 7.73. The molecule has 4 heterocycles. The summed E-state index contributed by atoms with van der Waals surface area (Å²) in [6, 6.07) is 3.76. The molecule has 0 saturated carbocycles. The van der Waals surface area contributed by atoms with Gasteiger partial charge >= 0.3 is 12.1 Å². The maximum atomic E-state index is 12.8. The van der Waals surface area contributed by atoms with Gasteiger partial charge in [0.2, 0.25) is 11.8 Å². The van der Waals surface area contributed by atoms with Crippen molar-refractivity contribution in [2.24, 2.45) is 5.92 Å². The number of halogens is 3. The highest BCUT2D eigenvalue weighted by Crippen LogP contribution is 2.28. The van der Waals surface area contributed by atoms with Crippen LogP contribution in [0, 0.1) is 5.92 Å². The van der Waals surface area contributed by atoms with Crippen molar-refractivity contribution < 1.29 is 42.1 Å². The predicted molar refractivity (Wildman–Crippen MR) is 102 cm³/mol. The maximum absolute atomic E-state index is 12.8. The highest BCUT2D eigenvalue weighted by Gasteiger charge is 2.45. The summed E-state index contributed by atoms with van der Waals surface area (Å²) in [7, 11) is 0. The molecule has 0 bridgehead atoms. The lowest BCUT2D eigenvalue weighted by Gasteiger charge is -2.36. The van der Waals surface area contributed by atoms with Crippen LogP contribution in [-0.4, -0.2) is 88.9 Å². The molecule has 12 heteroatoms. The van der Waals surface area contributed by atoms with Gasteiger partial charge in [-0.3, -0.25) is 14.6 Å². The summed E-state index contributed by atoms with van der Waals surface area (Å²) in [4.78, 5) is 41.8. The smallest absolute Gasteiger partial charge is 0.475 e. The van der Waals surface area contributed by atoms with E-state index in [2.05, 4.69) is 4.98 Å². The Hall–Kier alpha value is -2.73. The van der Waals surface area contributed by atoms with E-state index in [0.717, 1.165) is 18.4 Å². The monoisotopic (exact) mass is 459 g/mol. The Morgan fingerprint density at radius 1 is 1.16 bits per heavy atom. The van der Waals surface area contributed by atoms with Crippen LogP contribution in [0.15, 0.2) is 24.5 Å². The van der Waals surface area contributed by atoms with E-state index in [4.69, 9.17) is 19.4 Å². The quantitative estimate of drug-likeness (QED) is 0.721. The fourth-order valence-electron chi connectivity index (χ4n) is 3.94. The van der Waals surface area contributed by atoms with Crippen LogP contribution < -0.4 is 0 Å². The Morgan fingerprint density at radius 3 is 2.38 bits per heavy atom.